The molecule has 0 fully saturated rings. The Morgan fingerprint density at radius 3 is 2.54 bits per heavy atom. The summed E-state index contributed by atoms with van der Waals surface area (Å²) >= 11 is 5.09. The molecule has 0 atom stereocenters. The summed E-state index contributed by atoms with van der Waals surface area (Å²) in [4.78, 5) is 3.90. The molecular weight excluding hydrogens is 339 g/mol. The average molecular weight is 349 g/mol. The molecule has 0 bridgehead atoms. The molecule has 2 aromatic heterocycles. The van der Waals surface area contributed by atoms with E-state index in [2.05, 4.69) is 20.3 Å². The van der Waals surface area contributed by atoms with E-state index in [-0.39, 0.29) is 10.3 Å². The van der Waals surface area contributed by atoms with Crippen molar-refractivity contribution in [2.75, 3.05) is 0 Å². The number of nitrogens with one attached hydrogen (secondary N) is 1. The lowest BCUT2D eigenvalue weighted by atomic mass is 10.1. The number of aromatic nitrogens is 4. The first-order valence-corrected chi connectivity index (χ1v) is 7.16. The molecule has 0 aliphatic carbocycles. The molecular formula is C15H10F3N5S. The highest BCUT2D eigenvalue weighted by molar-refractivity contribution is 7.71. The first-order chi connectivity index (χ1) is 11.5. The highest BCUT2D eigenvalue weighted by atomic mass is 32.1. The molecule has 0 unspecified atom stereocenters. The van der Waals surface area contributed by atoms with Crippen LogP contribution in [-0.2, 0) is 6.18 Å². The van der Waals surface area contributed by atoms with Crippen LogP contribution < -0.4 is 0 Å². The lowest BCUT2D eigenvalue weighted by molar-refractivity contribution is -0.137. The lowest BCUT2D eigenvalue weighted by Gasteiger charge is -2.09. The summed E-state index contributed by atoms with van der Waals surface area (Å²) in [5.41, 5.74) is -0.151. The van der Waals surface area contributed by atoms with Gasteiger partial charge in [0, 0.05) is 23.5 Å². The topological polar surface area (TPSA) is 58.9 Å². The molecule has 1 aromatic carbocycles. The van der Waals surface area contributed by atoms with Crippen molar-refractivity contribution in [1.82, 2.24) is 19.9 Å². The van der Waals surface area contributed by atoms with Gasteiger partial charge in [-0.05, 0) is 30.4 Å². The number of hydrogen-bond donors (Lipinski definition) is 1. The van der Waals surface area contributed by atoms with Gasteiger partial charge in [0.15, 0.2) is 5.82 Å². The van der Waals surface area contributed by atoms with Crippen molar-refractivity contribution in [3.63, 3.8) is 0 Å². The predicted molar refractivity (Wildman–Crippen MR) is 85.1 cm³/mol. The SMILES string of the molecule is FC(F)(F)c1ccccc1/C=N\n1c(-c2ccncc2)n[nH]c1=S. The second kappa shape index (κ2) is 6.36. The van der Waals surface area contributed by atoms with Crippen LogP contribution in [0, 0.1) is 4.77 Å². The Labute approximate surface area is 139 Å². The Kier molecular flexibility index (Phi) is 4.26. The van der Waals surface area contributed by atoms with E-state index in [1.54, 1.807) is 24.5 Å². The van der Waals surface area contributed by atoms with E-state index >= 15 is 0 Å². The van der Waals surface area contributed by atoms with Crippen LogP contribution in [-0.4, -0.2) is 26.1 Å². The van der Waals surface area contributed by atoms with Crippen molar-refractivity contribution in [2.45, 2.75) is 6.18 Å². The molecule has 0 amide bonds. The molecule has 2 heterocycles. The smallest absolute Gasteiger partial charge is 0.265 e. The van der Waals surface area contributed by atoms with Gasteiger partial charge in [-0.1, -0.05) is 18.2 Å². The van der Waals surface area contributed by atoms with Gasteiger partial charge in [0.25, 0.3) is 0 Å². The van der Waals surface area contributed by atoms with Gasteiger partial charge < -0.3 is 0 Å². The third-order valence-electron chi connectivity index (χ3n) is 3.17. The third kappa shape index (κ3) is 3.25. The molecule has 0 saturated carbocycles. The van der Waals surface area contributed by atoms with Gasteiger partial charge in [-0.25, -0.2) is 5.10 Å². The fourth-order valence-electron chi connectivity index (χ4n) is 2.07. The average Bonchev–Trinajstić information content (AvgIpc) is 2.94. The van der Waals surface area contributed by atoms with E-state index in [9.17, 15) is 13.2 Å². The molecule has 0 spiro atoms. The first kappa shape index (κ1) is 16.1. The maximum atomic E-state index is 13.0. The van der Waals surface area contributed by atoms with E-state index in [1.165, 1.54) is 22.9 Å². The van der Waals surface area contributed by atoms with Crippen LogP contribution in [0.5, 0.6) is 0 Å². The minimum absolute atomic E-state index is 0.0613. The molecule has 3 aromatic rings. The highest BCUT2D eigenvalue weighted by Crippen LogP contribution is 2.31. The van der Waals surface area contributed by atoms with E-state index in [4.69, 9.17) is 12.2 Å². The predicted octanol–water partition coefficient (Wildman–Crippen LogP) is 3.90. The number of halogens is 3. The number of benzene rings is 1. The normalized spacial score (nSPS) is 12.0. The molecule has 0 aliphatic heterocycles. The molecule has 5 nitrogen and oxygen atoms in total. The second-order valence-corrected chi connectivity index (χ2v) is 5.12. The van der Waals surface area contributed by atoms with Crippen molar-refractivity contribution < 1.29 is 13.2 Å². The van der Waals surface area contributed by atoms with E-state index in [0.29, 0.717) is 11.4 Å². The molecule has 24 heavy (non-hydrogen) atoms. The summed E-state index contributed by atoms with van der Waals surface area (Å²) < 4.78 is 40.5. The summed E-state index contributed by atoms with van der Waals surface area (Å²) in [5, 5.41) is 10.7. The van der Waals surface area contributed by atoms with Crippen molar-refractivity contribution in [3.05, 3.63) is 64.7 Å². The van der Waals surface area contributed by atoms with Gasteiger partial charge in [0.05, 0.1) is 11.8 Å². The van der Waals surface area contributed by atoms with Crippen molar-refractivity contribution in [2.24, 2.45) is 5.10 Å². The zero-order chi connectivity index (χ0) is 17.2. The zero-order valence-corrected chi connectivity index (χ0v) is 12.8. The maximum Gasteiger partial charge on any atom is 0.417 e. The van der Waals surface area contributed by atoms with E-state index < -0.39 is 11.7 Å². The van der Waals surface area contributed by atoms with Crippen LogP contribution >= 0.6 is 12.2 Å². The van der Waals surface area contributed by atoms with Crippen LogP contribution in [0.4, 0.5) is 13.2 Å². The molecule has 9 heteroatoms. The minimum atomic E-state index is -4.46. The largest absolute Gasteiger partial charge is 0.417 e. The molecule has 0 aliphatic rings. The Bertz CT molecular complexity index is 928. The van der Waals surface area contributed by atoms with Gasteiger partial charge in [-0.2, -0.15) is 28.0 Å². The Balaban J connectivity index is 2.04. The van der Waals surface area contributed by atoms with E-state index in [0.717, 1.165) is 12.3 Å². The number of aromatic amines is 1. The first-order valence-electron chi connectivity index (χ1n) is 6.75. The van der Waals surface area contributed by atoms with Crippen LogP contribution in [0.15, 0.2) is 53.9 Å². The lowest BCUT2D eigenvalue weighted by Crippen LogP contribution is -2.09. The Morgan fingerprint density at radius 2 is 1.83 bits per heavy atom. The maximum absolute atomic E-state index is 13.0. The third-order valence-corrected chi connectivity index (χ3v) is 3.43. The molecule has 0 radical (unpaired) electrons. The summed E-state index contributed by atoms with van der Waals surface area (Å²) in [7, 11) is 0. The van der Waals surface area contributed by atoms with Crippen molar-refractivity contribution in [3.8, 4) is 11.4 Å². The van der Waals surface area contributed by atoms with Gasteiger partial charge >= 0.3 is 6.18 Å². The number of pyridine rings is 1. The number of nitrogens with zero attached hydrogens (tertiary/aromatic N) is 4. The molecule has 3 rings (SSSR count). The molecule has 1 N–H and O–H groups in total. The fraction of sp³-hybridized carbons (Fsp3) is 0.0667. The van der Waals surface area contributed by atoms with Crippen molar-refractivity contribution >= 4 is 18.4 Å². The number of hydrogen-bond acceptors (Lipinski definition) is 4. The summed E-state index contributed by atoms with van der Waals surface area (Å²) in [6.45, 7) is 0. The quantitative estimate of drug-likeness (QED) is 0.576. The van der Waals surface area contributed by atoms with E-state index in [1.807, 2.05) is 0 Å². The molecule has 0 saturated heterocycles. The standard InChI is InChI=1S/C15H10F3N5S/c16-15(17,18)12-4-2-1-3-11(12)9-20-23-13(21-22-14(23)24)10-5-7-19-8-6-10/h1-9H,(H,22,24)/b20-9-. The Morgan fingerprint density at radius 1 is 1.12 bits per heavy atom. The number of H-pyrrole nitrogens is 1. The zero-order valence-electron chi connectivity index (χ0n) is 12.0. The number of rotatable bonds is 3. The van der Waals surface area contributed by atoms with Crippen LogP contribution in [0.2, 0.25) is 0 Å². The fourth-order valence-corrected chi connectivity index (χ4v) is 2.25. The minimum Gasteiger partial charge on any atom is -0.265 e. The summed E-state index contributed by atoms with van der Waals surface area (Å²) in [6, 6.07) is 8.56. The van der Waals surface area contributed by atoms with Crippen LogP contribution in [0.1, 0.15) is 11.1 Å². The van der Waals surface area contributed by atoms with Crippen molar-refractivity contribution in [1.29, 1.82) is 0 Å². The van der Waals surface area contributed by atoms with Crippen LogP contribution in [0.3, 0.4) is 0 Å². The second-order valence-electron chi connectivity index (χ2n) is 4.73. The highest BCUT2D eigenvalue weighted by Gasteiger charge is 2.32. The van der Waals surface area contributed by atoms with Gasteiger partial charge in [-0.3, -0.25) is 4.98 Å². The summed E-state index contributed by atoms with van der Waals surface area (Å²) in [6.07, 6.45) is -0.215. The summed E-state index contributed by atoms with van der Waals surface area (Å²) in [5.74, 6) is 0.378. The van der Waals surface area contributed by atoms with Gasteiger partial charge in [-0.15, -0.1) is 0 Å². The monoisotopic (exact) mass is 349 g/mol. The van der Waals surface area contributed by atoms with Gasteiger partial charge in [0.1, 0.15) is 0 Å². The van der Waals surface area contributed by atoms with Crippen LogP contribution in [0.25, 0.3) is 11.4 Å². The Hall–Kier alpha value is -2.81. The molecule has 122 valence electrons. The van der Waals surface area contributed by atoms with Gasteiger partial charge in [0.2, 0.25) is 4.77 Å². The number of alkyl halides is 3.